The summed E-state index contributed by atoms with van der Waals surface area (Å²) in [7, 11) is 0. The van der Waals surface area contributed by atoms with Gasteiger partial charge in [0.25, 0.3) is 0 Å². The maximum Gasteiger partial charge on any atom is 0.244 e. The van der Waals surface area contributed by atoms with Gasteiger partial charge < -0.3 is 10.6 Å². The van der Waals surface area contributed by atoms with Crippen molar-refractivity contribution in [2.24, 2.45) is 11.8 Å². The van der Waals surface area contributed by atoms with E-state index in [2.05, 4.69) is 5.10 Å². The molecular weight excluding hydrogens is 264 g/mol. The molecule has 0 radical (unpaired) electrons. The Balaban J connectivity index is 1.64. The van der Waals surface area contributed by atoms with E-state index >= 15 is 0 Å². The van der Waals surface area contributed by atoms with E-state index in [1.54, 1.807) is 4.68 Å². The van der Waals surface area contributed by atoms with Crippen molar-refractivity contribution in [1.82, 2.24) is 14.7 Å². The average molecular weight is 290 g/mol. The lowest BCUT2D eigenvalue weighted by molar-refractivity contribution is -0.135. The molecule has 0 spiro atoms. The van der Waals surface area contributed by atoms with Crippen molar-refractivity contribution in [2.45, 2.75) is 52.5 Å². The van der Waals surface area contributed by atoms with Crippen molar-refractivity contribution in [3.05, 3.63) is 11.4 Å². The summed E-state index contributed by atoms with van der Waals surface area (Å²) in [5.41, 5.74) is 8.35. The number of amides is 1. The van der Waals surface area contributed by atoms with Gasteiger partial charge in [-0.3, -0.25) is 9.48 Å². The zero-order chi connectivity index (χ0) is 15.0. The molecule has 1 amide bonds. The molecule has 5 heteroatoms. The van der Waals surface area contributed by atoms with E-state index < -0.39 is 0 Å². The van der Waals surface area contributed by atoms with Crippen LogP contribution in [0.15, 0.2) is 0 Å². The summed E-state index contributed by atoms with van der Waals surface area (Å²) in [4.78, 5) is 14.6. The van der Waals surface area contributed by atoms with Crippen LogP contribution in [-0.4, -0.2) is 33.7 Å². The third-order valence-corrected chi connectivity index (χ3v) is 5.37. The summed E-state index contributed by atoms with van der Waals surface area (Å²) in [6.07, 6.45) is 6.54. The molecule has 116 valence electrons. The third-order valence-electron chi connectivity index (χ3n) is 5.37. The number of fused-ring (bicyclic) bond motifs is 1. The number of nitrogen functional groups attached to an aromatic ring is 1. The van der Waals surface area contributed by atoms with Crippen molar-refractivity contribution >= 4 is 11.6 Å². The minimum atomic E-state index is 0.185. The van der Waals surface area contributed by atoms with Crippen LogP contribution in [0.5, 0.6) is 0 Å². The second-order valence-corrected chi connectivity index (χ2v) is 6.68. The van der Waals surface area contributed by atoms with Gasteiger partial charge in [-0.1, -0.05) is 19.3 Å². The van der Waals surface area contributed by atoms with Crippen LogP contribution in [0, 0.1) is 25.7 Å². The largest absolute Gasteiger partial charge is 0.396 e. The van der Waals surface area contributed by atoms with Gasteiger partial charge in [-0.05, 0) is 38.5 Å². The van der Waals surface area contributed by atoms with E-state index in [-0.39, 0.29) is 5.91 Å². The SMILES string of the molecule is Cc1nn(CC(=O)N2CCC3CCCCC3C2)c(C)c1N. The van der Waals surface area contributed by atoms with Crippen molar-refractivity contribution < 1.29 is 4.79 Å². The number of aromatic nitrogens is 2. The average Bonchev–Trinajstić information content (AvgIpc) is 2.74. The maximum atomic E-state index is 12.5. The molecule has 2 heterocycles. The summed E-state index contributed by atoms with van der Waals surface area (Å²) in [5.74, 6) is 1.76. The molecule has 1 aliphatic heterocycles. The summed E-state index contributed by atoms with van der Waals surface area (Å²) < 4.78 is 1.75. The minimum absolute atomic E-state index is 0.185. The second-order valence-electron chi connectivity index (χ2n) is 6.68. The molecular formula is C16H26N4O. The summed E-state index contributed by atoms with van der Waals surface area (Å²) >= 11 is 0. The lowest BCUT2D eigenvalue weighted by Gasteiger charge is -2.41. The fourth-order valence-electron chi connectivity index (χ4n) is 3.92. The topological polar surface area (TPSA) is 64.2 Å². The van der Waals surface area contributed by atoms with E-state index in [1.165, 1.54) is 32.1 Å². The molecule has 21 heavy (non-hydrogen) atoms. The minimum Gasteiger partial charge on any atom is -0.396 e. The Morgan fingerprint density at radius 3 is 2.62 bits per heavy atom. The molecule has 1 aliphatic carbocycles. The van der Waals surface area contributed by atoms with E-state index in [1.807, 2.05) is 18.7 Å². The fraction of sp³-hybridized carbons (Fsp3) is 0.750. The Morgan fingerprint density at radius 1 is 1.24 bits per heavy atom. The number of rotatable bonds is 2. The first-order valence-electron chi connectivity index (χ1n) is 8.13. The lowest BCUT2D eigenvalue weighted by atomic mass is 9.75. The number of anilines is 1. The number of piperidine rings is 1. The highest BCUT2D eigenvalue weighted by atomic mass is 16.2. The van der Waals surface area contributed by atoms with E-state index in [0.29, 0.717) is 12.2 Å². The van der Waals surface area contributed by atoms with Crippen molar-refractivity contribution in [1.29, 1.82) is 0 Å². The molecule has 2 N–H and O–H groups in total. The number of hydrogen-bond donors (Lipinski definition) is 1. The Morgan fingerprint density at radius 2 is 1.95 bits per heavy atom. The Kier molecular flexibility index (Phi) is 3.91. The zero-order valence-corrected chi connectivity index (χ0v) is 13.1. The predicted octanol–water partition coefficient (Wildman–Crippen LogP) is 2.12. The van der Waals surface area contributed by atoms with Crippen LogP contribution in [0.2, 0.25) is 0 Å². The summed E-state index contributed by atoms with van der Waals surface area (Å²) in [6, 6.07) is 0. The molecule has 2 aliphatic rings. The second kappa shape index (κ2) is 5.70. The van der Waals surface area contributed by atoms with Gasteiger partial charge >= 0.3 is 0 Å². The van der Waals surface area contributed by atoms with Gasteiger partial charge in [0.1, 0.15) is 6.54 Å². The van der Waals surface area contributed by atoms with Crippen LogP contribution in [0.3, 0.4) is 0 Å². The fourth-order valence-corrected chi connectivity index (χ4v) is 3.92. The van der Waals surface area contributed by atoms with Gasteiger partial charge in [-0.15, -0.1) is 0 Å². The van der Waals surface area contributed by atoms with Crippen LogP contribution in [0.1, 0.15) is 43.5 Å². The van der Waals surface area contributed by atoms with Crippen LogP contribution in [0.25, 0.3) is 0 Å². The molecule has 2 fully saturated rings. The van der Waals surface area contributed by atoms with Crippen LogP contribution >= 0.6 is 0 Å². The highest BCUT2D eigenvalue weighted by molar-refractivity contribution is 5.76. The van der Waals surface area contributed by atoms with Crippen LogP contribution < -0.4 is 5.73 Å². The first kappa shape index (κ1) is 14.4. The van der Waals surface area contributed by atoms with Gasteiger partial charge in [-0.25, -0.2) is 0 Å². The normalized spacial score (nSPS) is 25.7. The summed E-state index contributed by atoms with van der Waals surface area (Å²) in [5, 5.41) is 4.37. The number of aryl methyl sites for hydroxylation is 1. The Bertz CT molecular complexity index is 537. The molecule has 1 saturated heterocycles. The van der Waals surface area contributed by atoms with Crippen LogP contribution in [-0.2, 0) is 11.3 Å². The zero-order valence-electron chi connectivity index (χ0n) is 13.1. The van der Waals surface area contributed by atoms with Gasteiger partial charge in [0.05, 0.1) is 17.1 Å². The number of likely N-dealkylation sites (tertiary alicyclic amines) is 1. The first-order chi connectivity index (χ1) is 10.1. The smallest absolute Gasteiger partial charge is 0.244 e. The quantitative estimate of drug-likeness (QED) is 0.907. The predicted molar refractivity (Wildman–Crippen MR) is 82.8 cm³/mol. The molecule has 1 aromatic rings. The van der Waals surface area contributed by atoms with E-state index in [4.69, 9.17) is 5.73 Å². The van der Waals surface area contributed by atoms with Crippen molar-refractivity contribution in [3.63, 3.8) is 0 Å². The molecule has 1 saturated carbocycles. The third kappa shape index (κ3) is 2.78. The van der Waals surface area contributed by atoms with E-state index in [9.17, 15) is 4.79 Å². The molecule has 1 aromatic heterocycles. The maximum absolute atomic E-state index is 12.5. The molecule has 2 atom stereocenters. The number of carbonyl (C=O) groups is 1. The Labute approximate surface area is 126 Å². The van der Waals surface area contributed by atoms with Gasteiger partial charge in [-0.2, -0.15) is 5.10 Å². The molecule has 0 bridgehead atoms. The molecule has 2 unspecified atom stereocenters. The number of nitrogens with two attached hydrogens (primary N) is 1. The van der Waals surface area contributed by atoms with Crippen molar-refractivity contribution in [3.8, 4) is 0 Å². The van der Waals surface area contributed by atoms with Gasteiger partial charge in [0.15, 0.2) is 0 Å². The summed E-state index contributed by atoms with van der Waals surface area (Å²) in [6.45, 7) is 5.99. The number of nitrogens with zero attached hydrogens (tertiary/aromatic N) is 3. The number of carbonyl (C=O) groups excluding carboxylic acids is 1. The van der Waals surface area contributed by atoms with Crippen LogP contribution in [0.4, 0.5) is 5.69 Å². The highest BCUT2D eigenvalue weighted by Crippen LogP contribution is 2.36. The number of hydrogen-bond acceptors (Lipinski definition) is 3. The van der Waals surface area contributed by atoms with Gasteiger partial charge in [0, 0.05) is 13.1 Å². The highest BCUT2D eigenvalue weighted by Gasteiger charge is 2.33. The molecule has 3 rings (SSSR count). The van der Waals surface area contributed by atoms with Crippen molar-refractivity contribution in [2.75, 3.05) is 18.8 Å². The molecule has 5 nitrogen and oxygen atoms in total. The van der Waals surface area contributed by atoms with E-state index in [0.717, 1.165) is 36.3 Å². The monoisotopic (exact) mass is 290 g/mol. The lowest BCUT2D eigenvalue weighted by Crippen LogP contribution is -2.46. The molecule has 0 aromatic carbocycles. The first-order valence-corrected chi connectivity index (χ1v) is 8.13. The van der Waals surface area contributed by atoms with Gasteiger partial charge in [0.2, 0.25) is 5.91 Å². The Hall–Kier alpha value is -1.52. The standard InChI is InChI=1S/C16H26N4O/c1-11-16(17)12(2)20(18-11)10-15(21)19-8-7-13-5-3-4-6-14(13)9-19/h13-14H,3-10,17H2,1-2H3.